The Balaban J connectivity index is 1.54. The molecular weight excluding hydrogens is 242 g/mol. The van der Waals surface area contributed by atoms with Crippen LogP contribution in [0.2, 0.25) is 0 Å². The van der Waals surface area contributed by atoms with Crippen LogP contribution in [0.5, 0.6) is 0 Å². The second kappa shape index (κ2) is 5.44. The van der Waals surface area contributed by atoms with Gasteiger partial charge in [0.05, 0.1) is 36.8 Å². The molecule has 0 aliphatic carbocycles. The van der Waals surface area contributed by atoms with E-state index >= 15 is 0 Å². The lowest BCUT2D eigenvalue weighted by molar-refractivity contribution is 0.0940. The van der Waals surface area contributed by atoms with Crippen molar-refractivity contribution in [2.24, 2.45) is 7.05 Å². The second-order valence-corrected chi connectivity index (χ2v) is 4.89. The normalized spacial score (nSPS) is 18.9. The number of nitrogens with zero attached hydrogens (tertiary/aromatic N) is 4. The van der Waals surface area contributed by atoms with E-state index in [-0.39, 0.29) is 0 Å². The van der Waals surface area contributed by atoms with Gasteiger partial charge in [-0.3, -0.25) is 9.36 Å². The maximum absolute atomic E-state index is 5.61. The first-order chi connectivity index (χ1) is 9.31. The van der Waals surface area contributed by atoms with Gasteiger partial charge in [0.15, 0.2) is 0 Å². The highest BCUT2D eigenvalue weighted by molar-refractivity contribution is 5.38. The van der Waals surface area contributed by atoms with E-state index in [9.17, 15) is 0 Å². The number of hydrogen-bond donors (Lipinski definition) is 1. The molecule has 0 spiro atoms. The summed E-state index contributed by atoms with van der Waals surface area (Å²) in [6.07, 6.45) is 8.31. The van der Waals surface area contributed by atoms with E-state index in [1.54, 1.807) is 6.20 Å². The third-order valence-corrected chi connectivity index (χ3v) is 3.44. The molecule has 0 saturated carbocycles. The fraction of sp³-hybridized carbons (Fsp3) is 0.538. The molecule has 0 radical (unpaired) electrons. The summed E-state index contributed by atoms with van der Waals surface area (Å²) in [5, 5.41) is 11.8. The van der Waals surface area contributed by atoms with Crippen molar-refractivity contribution in [3.63, 3.8) is 0 Å². The number of hydrogen-bond acceptors (Lipinski definition) is 4. The summed E-state index contributed by atoms with van der Waals surface area (Å²) in [7, 11) is 1.94. The largest absolute Gasteiger partial charge is 0.377 e. The topological polar surface area (TPSA) is 56.9 Å². The van der Waals surface area contributed by atoms with Crippen LogP contribution >= 0.6 is 0 Å². The summed E-state index contributed by atoms with van der Waals surface area (Å²) in [6.45, 7) is 2.48. The van der Waals surface area contributed by atoms with Gasteiger partial charge in [0.2, 0.25) is 0 Å². The molecule has 2 aromatic heterocycles. The summed E-state index contributed by atoms with van der Waals surface area (Å²) in [4.78, 5) is 0. The minimum Gasteiger partial charge on any atom is -0.377 e. The maximum Gasteiger partial charge on any atom is 0.0771 e. The van der Waals surface area contributed by atoms with Crippen LogP contribution < -0.4 is 5.32 Å². The molecule has 0 amide bonds. The van der Waals surface area contributed by atoms with Gasteiger partial charge in [0.1, 0.15) is 0 Å². The fourth-order valence-corrected chi connectivity index (χ4v) is 2.32. The predicted octanol–water partition coefficient (Wildman–Crippen LogP) is 1.41. The number of aromatic nitrogens is 4. The molecule has 1 unspecified atom stereocenters. The molecule has 19 heavy (non-hydrogen) atoms. The molecule has 2 aromatic rings. The smallest absolute Gasteiger partial charge is 0.0771 e. The molecule has 102 valence electrons. The Hall–Kier alpha value is -1.82. The van der Waals surface area contributed by atoms with Crippen molar-refractivity contribution < 1.29 is 4.74 Å². The highest BCUT2D eigenvalue weighted by atomic mass is 16.5. The van der Waals surface area contributed by atoms with E-state index in [1.165, 1.54) is 0 Å². The molecule has 1 atom stereocenters. The average Bonchev–Trinajstić information content (AvgIpc) is 3.10. The van der Waals surface area contributed by atoms with Crippen LogP contribution in [0.3, 0.4) is 0 Å². The van der Waals surface area contributed by atoms with Gasteiger partial charge in [-0.2, -0.15) is 10.2 Å². The molecular formula is C13H19N5O. The number of nitrogens with one attached hydrogen (secondary N) is 1. The van der Waals surface area contributed by atoms with Crippen molar-refractivity contribution in [3.8, 4) is 0 Å². The van der Waals surface area contributed by atoms with E-state index in [4.69, 9.17) is 4.74 Å². The van der Waals surface area contributed by atoms with Gasteiger partial charge in [-0.1, -0.05) is 0 Å². The first-order valence-corrected chi connectivity index (χ1v) is 6.66. The standard InChI is InChI=1S/C13H19N5O/c1-17-12(4-5-15-17)8-14-11-7-16-18(9-11)10-13-3-2-6-19-13/h4-5,7,9,13-14H,2-3,6,8,10H2,1H3. The number of rotatable bonds is 5. The Morgan fingerprint density at radius 3 is 3.16 bits per heavy atom. The Morgan fingerprint density at radius 1 is 1.47 bits per heavy atom. The van der Waals surface area contributed by atoms with Crippen molar-refractivity contribution >= 4 is 5.69 Å². The van der Waals surface area contributed by atoms with Gasteiger partial charge in [0, 0.05) is 26.0 Å². The van der Waals surface area contributed by atoms with Crippen molar-refractivity contribution in [1.82, 2.24) is 19.6 Å². The van der Waals surface area contributed by atoms with E-state index < -0.39 is 0 Å². The van der Waals surface area contributed by atoms with Crippen molar-refractivity contribution in [1.29, 1.82) is 0 Å². The molecule has 3 heterocycles. The summed E-state index contributed by atoms with van der Waals surface area (Å²) < 4.78 is 9.42. The Bertz CT molecular complexity index is 527. The summed E-state index contributed by atoms with van der Waals surface area (Å²) in [6, 6.07) is 2.00. The third-order valence-electron chi connectivity index (χ3n) is 3.44. The van der Waals surface area contributed by atoms with Crippen LogP contribution in [0, 0.1) is 0 Å². The number of anilines is 1. The van der Waals surface area contributed by atoms with E-state index in [2.05, 4.69) is 15.5 Å². The SMILES string of the molecule is Cn1nccc1CNc1cnn(CC2CCCO2)c1. The quantitative estimate of drug-likeness (QED) is 0.884. The van der Waals surface area contributed by atoms with Gasteiger partial charge in [-0.25, -0.2) is 0 Å². The van der Waals surface area contributed by atoms with Crippen LogP contribution in [-0.2, 0) is 24.9 Å². The fourth-order valence-electron chi connectivity index (χ4n) is 2.32. The predicted molar refractivity (Wildman–Crippen MR) is 71.7 cm³/mol. The molecule has 1 aliphatic heterocycles. The second-order valence-electron chi connectivity index (χ2n) is 4.89. The summed E-state index contributed by atoms with van der Waals surface area (Å²) in [5.41, 5.74) is 2.17. The van der Waals surface area contributed by atoms with Crippen LogP contribution in [-0.4, -0.2) is 32.3 Å². The van der Waals surface area contributed by atoms with E-state index in [1.807, 2.05) is 34.9 Å². The molecule has 0 aromatic carbocycles. The first-order valence-electron chi connectivity index (χ1n) is 6.66. The van der Waals surface area contributed by atoms with E-state index in [0.29, 0.717) is 6.10 Å². The lowest BCUT2D eigenvalue weighted by Gasteiger charge is -2.08. The molecule has 1 saturated heterocycles. The van der Waals surface area contributed by atoms with Crippen LogP contribution in [0.4, 0.5) is 5.69 Å². The van der Waals surface area contributed by atoms with Crippen molar-refractivity contribution in [2.75, 3.05) is 11.9 Å². The molecule has 1 aliphatic rings. The number of ether oxygens (including phenoxy) is 1. The highest BCUT2D eigenvalue weighted by Gasteiger charge is 2.16. The summed E-state index contributed by atoms with van der Waals surface area (Å²) in [5.74, 6) is 0. The van der Waals surface area contributed by atoms with Gasteiger partial charge >= 0.3 is 0 Å². The Kier molecular flexibility index (Phi) is 3.50. The zero-order chi connectivity index (χ0) is 13.1. The molecule has 0 bridgehead atoms. The monoisotopic (exact) mass is 261 g/mol. The van der Waals surface area contributed by atoms with Gasteiger partial charge in [-0.05, 0) is 18.9 Å². The molecule has 6 nitrogen and oxygen atoms in total. The van der Waals surface area contributed by atoms with Gasteiger partial charge in [0.25, 0.3) is 0 Å². The minimum atomic E-state index is 0.324. The van der Waals surface area contributed by atoms with Crippen LogP contribution in [0.15, 0.2) is 24.7 Å². The molecule has 1 fully saturated rings. The zero-order valence-electron chi connectivity index (χ0n) is 11.1. The Morgan fingerprint density at radius 2 is 2.42 bits per heavy atom. The van der Waals surface area contributed by atoms with Crippen molar-refractivity contribution in [3.05, 3.63) is 30.4 Å². The van der Waals surface area contributed by atoms with Crippen LogP contribution in [0.1, 0.15) is 18.5 Å². The van der Waals surface area contributed by atoms with Gasteiger partial charge in [-0.15, -0.1) is 0 Å². The average molecular weight is 261 g/mol. The van der Waals surface area contributed by atoms with Crippen LogP contribution in [0.25, 0.3) is 0 Å². The molecule has 1 N–H and O–H groups in total. The lowest BCUT2D eigenvalue weighted by Crippen LogP contribution is -2.15. The van der Waals surface area contributed by atoms with E-state index in [0.717, 1.165) is 43.9 Å². The molecule has 6 heteroatoms. The number of aryl methyl sites for hydroxylation is 1. The zero-order valence-corrected chi connectivity index (χ0v) is 11.1. The highest BCUT2D eigenvalue weighted by Crippen LogP contribution is 2.15. The summed E-state index contributed by atoms with van der Waals surface area (Å²) >= 11 is 0. The van der Waals surface area contributed by atoms with Gasteiger partial charge < -0.3 is 10.1 Å². The first kappa shape index (κ1) is 12.2. The lowest BCUT2D eigenvalue weighted by atomic mass is 10.2. The minimum absolute atomic E-state index is 0.324. The maximum atomic E-state index is 5.61. The van der Waals surface area contributed by atoms with Crippen molar-refractivity contribution in [2.45, 2.75) is 32.0 Å². The Labute approximate surface area is 112 Å². The third kappa shape index (κ3) is 2.96. The molecule has 3 rings (SSSR count).